The minimum atomic E-state index is 0.228. The molecule has 0 amide bonds. The van der Waals surface area contributed by atoms with Crippen LogP contribution in [0.5, 0.6) is 0 Å². The number of ketones is 1. The van der Waals surface area contributed by atoms with Gasteiger partial charge in [-0.25, -0.2) is 0 Å². The molecule has 0 bridgehead atoms. The molecule has 58 valence electrons. The molecule has 0 radical (unpaired) electrons. The summed E-state index contributed by atoms with van der Waals surface area (Å²) in [5.41, 5.74) is 0. The first-order chi connectivity index (χ1) is 4.83. The Morgan fingerprint density at radius 3 is 3.20 bits per heavy atom. The Bertz CT molecular complexity index is 125. The third-order valence-corrected chi connectivity index (χ3v) is 1.77. The summed E-state index contributed by atoms with van der Waals surface area (Å²) < 4.78 is 5.10. The van der Waals surface area contributed by atoms with Crippen LogP contribution in [-0.2, 0) is 9.53 Å². The van der Waals surface area contributed by atoms with Crippen molar-refractivity contribution in [2.24, 2.45) is 0 Å². The highest BCUT2D eigenvalue weighted by atomic mass is 16.5. The number of carbonyl (C=O) groups is 1. The van der Waals surface area contributed by atoms with Gasteiger partial charge < -0.3 is 10.1 Å². The molecule has 1 atom stereocenters. The molecule has 10 heavy (non-hydrogen) atoms. The summed E-state index contributed by atoms with van der Waals surface area (Å²) in [5.74, 6) is 0.291. The van der Waals surface area contributed by atoms with Crippen molar-refractivity contribution in [3.63, 3.8) is 0 Å². The van der Waals surface area contributed by atoms with E-state index in [1.807, 2.05) is 0 Å². The van der Waals surface area contributed by atoms with Crippen molar-refractivity contribution in [3.8, 4) is 0 Å². The molecule has 0 saturated carbocycles. The molecule has 0 aromatic rings. The predicted molar refractivity (Wildman–Crippen MR) is 37.9 cm³/mol. The number of nitrogens with one attached hydrogen (secondary N) is 1. The second kappa shape index (κ2) is 3.68. The van der Waals surface area contributed by atoms with E-state index >= 15 is 0 Å². The fourth-order valence-electron chi connectivity index (χ4n) is 1.09. The fraction of sp³-hybridized carbons (Fsp3) is 0.857. The van der Waals surface area contributed by atoms with Gasteiger partial charge >= 0.3 is 0 Å². The number of rotatable bonds is 1. The predicted octanol–water partition coefficient (Wildman–Crippen LogP) is -0.0461. The number of hydrogen-bond donors (Lipinski definition) is 1. The van der Waals surface area contributed by atoms with Gasteiger partial charge in [0.05, 0.1) is 12.6 Å². The largest absolute Gasteiger partial charge is 0.380 e. The zero-order valence-corrected chi connectivity index (χ0v) is 6.22. The molecular weight excluding hydrogens is 130 g/mol. The Kier molecular flexibility index (Phi) is 2.83. The molecule has 1 unspecified atom stereocenters. The molecule has 1 heterocycles. The van der Waals surface area contributed by atoms with Crippen LogP contribution in [0.4, 0.5) is 0 Å². The highest BCUT2D eigenvalue weighted by Gasteiger charge is 2.14. The van der Waals surface area contributed by atoms with Crippen LogP contribution in [0.3, 0.4) is 0 Å². The molecule has 1 rings (SSSR count). The van der Waals surface area contributed by atoms with E-state index in [0.717, 1.165) is 13.0 Å². The second-order valence-corrected chi connectivity index (χ2v) is 2.57. The monoisotopic (exact) mass is 143 g/mol. The van der Waals surface area contributed by atoms with Crippen LogP contribution in [0.15, 0.2) is 0 Å². The molecule has 0 aliphatic carbocycles. The Labute approximate surface area is 60.7 Å². The van der Waals surface area contributed by atoms with Crippen LogP contribution in [0, 0.1) is 0 Å². The van der Waals surface area contributed by atoms with E-state index in [4.69, 9.17) is 4.74 Å². The standard InChI is InChI=1S/C7H13NO2/c1-10-7-3-2-6(9)4-8-5-7/h7-8H,2-5H2,1H3. The Morgan fingerprint density at radius 1 is 1.70 bits per heavy atom. The average Bonchev–Trinajstić information content (AvgIpc) is 2.14. The SMILES string of the molecule is COC1CCC(=O)CNC1. The van der Waals surface area contributed by atoms with E-state index in [1.165, 1.54) is 0 Å². The van der Waals surface area contributed by atoms with Crippen LogP contribution in [0.1, 0.15) is 12.8 Å². The third-order valence-electron chi connectivity index (χ3n) is 1.77. The van der Waals surface area contributed by atoms with Crippen molar-refractivity contribution >= 4 is 5.78 Å². The number of Topliss-reactive ketones (excluding diaryl/α,β-unsaturated/α-hetero) is 1. The van der Waals surface area contributed by atoms with Gasteiger partial charge in [-0.05, 0) is 6.42 Å². The van der Waals surface area contributed by atoms with Crippen molar-refractivity contribution in [2.75, 3.05) is 20.2 Å². The van der Waals surface area contributed by atoms with Gasteiger partial charge in [-0.15, -0.1) is 0 Å². The van der Waals surface area contributed by atoms with Crippen molar-refractivity contribution in [1.29, 1.82) is 0 Å². The zero-order chi connectivity index (χ0) is 7.40. The molecular formula is C7H13NO2. The summed E-state index contributed by atoms with van der Waals surface area (Å²) in [6.45, 7) is 1.32. The minimum absolute atomic E-state index is 0.228. The van der Waals surface area contributed by atoms with E-state index in [-0.39, 0.29) is 6.10 Å². The highest BCUT2D eigenvalue weighted by molar-refractivity contribution is 5.80. The maximum atomic E-state index is 10.8. The number of ether oxygens (including phenoxy) is 1. The van der Waals surface area contributed by atoms with Gasteiger partial charge in [-0.3, -0.25) is 4.79 Å². The molecule has 3 nitrogen and oxygen atoms in total. The smallest absolute Gasteiger partial charge is 0.146 e. The van der Waals surface area contributed by atoms with E-state index in [2.05, 4.69) is 5.32 Å². The van der Waals surface area contributed by atoms with Crippen LogP contribution >= 0.6 is 0 Å². The Balaban J connectivity index is 2.33. The summed E-state index contributed by atoms with van der Waals surface area (Å²) in [5, 5.41) is 3.02. The van der Waals surface area contributed by atoms with Crippen LogP contribution in [-0.4, -0.2) is 32.1 Å². The summed E-state index contributed by atoms with van der Waals surface area (Å²) in [6.07, 6.45) is 1.75. The third kappa shape index (κ3) is 2.08. The molecule has 0 aromatic carbocycles. The lowest BCUT2D eigenvalue weighted by Gasteiger charge is -2.09. The number of carbonyl (C=O) groups excluding carboxylic acids is 1. The van der Waals surface area contributed by atoms with Crippen LogP contribution < -0.4 is 5.32 Å². The highest BCUT2D eigenvalue weighted by Crippen LogP contribution is 2.03. The van der Waals surface area contributed by atoms with Crippen LogP contribution in [0.2, 0.25) is 0 Å². The zero-order valence-electron chi connectivity index (χ0n) is 6.22. The number of methoxy groups -OCH3 is 1. The Hall–Kier alpha value is -0.410. The van der Waals surface area contributed by atoms with E-state index in [1.54, 1.807) is 7.11 Å². The lowest BCUT2D eigenvalue weighted by atomic mass is 10.2. The maximum absolute atomic E-state index is 10.8. The summed E-state index contributed by atoms with van der Waals surface area (Å²) >= 11 is 0. The normalized spacial score (nSPS) is 28.1. The molecule has 0 aromatic heterocycles. The summed E-state index contributed by atoms with van der Waals surface area (Å²) in [4.78, 5) is 10.8. The maximum Gasteiger partial charge on any atom is 0.146 e. The van der Waals surface area contributed by atoms with Crippen molar-refractivity contribution in [1.82, 2.24) is 5.32 Å². The van der Waals surface area contributed by atoms with Crippen molar-refractivity contribution in [2.45, 2.75) is 18.9 Å². The lowest BCUT2D eigenvalue weighted by molar-refractivity contribution is -0.118. The van der Waals surface area contributed by atoms with Gasteiger partial charge in [-0.1, -0.05) is 0 Å². The molecule has 3 heteroatoms. The topological polar surface area (TPSA) is 38.3 Å². The molecule has 1 aliphatic heterocycles. The first kappa shape index (κ1) is 7.69. The average molecular weight is 143 g/mol. The second-order valence-electron chi connectivity index (χ2n) is 2.57. The van der Waals surface area contributed by atoms with Crippen LogP contribution in [0.25, 0.3) is 0 Å². The van der Waals surface area contributed by atoms with Gasteiger partial charge in [0.1, 0.15) is 5.78 Å². The first-order valence-corrected chi connectivity index (χ1v) is 3.58. The van der Waals surface area contributed by atoms with Gasteiger partial charge in [-0.2, -0.15) is 0 Å². The van der Waals surface area contributed by atoms with E-state index in [0.29, 0.717) is 18.7 Å². The molecule has 1 saturated heterocycles. The van der Waals surface area contributed by atoms with Gasteiger partial charge in [0.25, 0.3) is 0 Å². The molecule has 1 aliphatic rings. The Morgan fingerprint density at radius 2 is 2.50 bits per heavy atom. The minimum Gasteiger partial charge on any atom is -0.380 e. The molecule has 0 spiro atoms. The summed E-state index contributed by atoms with van der Waals surface area (Å²) in [7, 11) is 1.68. The molecule has 1 fully saturated rings. The van der Waals surface area contributed by atoms with Crippen molar-refractivity contribution in [3.05, 3.63) is 0 Å². The summed E-state index contributed by atoms with van der Waals surface area (Å²) in [6, 6.07) is 0. The quantitative estimate of drug-likeness (QED) is 0.559. The van der Waals surface area contributed by atoms with E-state index < -0.39 is 0 Å². The van der Waals surface area contributed by atoms with E-state index in [9.17, 15) is 4.79 Å². The lowest BCUT2D eigenvalue weighted by Crippen LogP contribution is -2.27. The van der Waals surface area contributed by atoms with Gasteiger partial charge in [0.2, 0.25) is 0 Å². The fourth-order valence-corrected chi connectivity index (χ4v) is 1.09. The molecule has 1 N–H and O–H groups in total. The van der Waals surface area contributed by atoms with Crippen molar-refractivity contribution < 1.29 is 9.53 Å². The van der Waals surface area contributed by atoms with Gasteiger partial charge in [0.15, 0.2) is 0 Å². The first-order valence-electron chi connectivity index (χ1n) is 3.58. The number of hydrogen-bond acceptors (Lipinski definition) is 3. The van der Waals surface area contributed by atoms with Gasteiger partial charge in [0, 0.05) is 20.1 Å².